The molecule has 0 radical (unpaired) electrons. The Morgan fingerprint density at radius 1 is 1.23 bits per heavy atom. The normalized spacial score (nSPS) is 12.7. The maximum Gasteiger partial charge on any atom is 0.241 e. The summed E-state index contributed by atoms with van der Waals surface area (Å²) in [5, 5.41) is 10.9. The standard InChI is InChI=1S/C16H16BrN5O3S/c1-11(12-6-7-16(25-2)15(17)8-12)19-26(23,24)14-5-3-4-13(9-14)22-10-18-20-21-22/h3-11,19H,1-2H3. The van der Waals surface area contributed by atoms with Crippen molar-refractivity contribution in [2.24, 2.45) is 0 Å². The molecule has 10 heteroatoms. The zero-order chi connectivity index (χ0) is 18.7. The van der Waals surface area contributed by atoms with E-state index in [0.29, 0.717) is 11.4 Å². The zero-order valence-corrected chi connectivity index (χ0v) is 16.4. The van der Waals surface area contributed by atoms with Crippen molar-refractivity contribution in [2.45, 2.75) is 17.9 Å². The Morgan fingerprint density at radius 3 is 2.69 bits per heavy atom. The van der Waals surface area contributed by atoms with E-state index < -0.39 is 16.1 Å². The van der Waals surface area contributed by atoms with Gasteiger partial charge in [-0.1, -0.05) is 12.1 Å². The Balaban J connectivity index is 1.85. The van der Waals surface area contributed by atoms with Gasteiger partial charge in [-0.2, -0.15) is 0 Å². The Bertz CT molecular complexity index is 1010. The molecule has 1 heterocycles. The fourth-order valence-corrected chi connectivity index (χ4v) is 4.22. The molecule has 0 amide bonds. The van der Waals surface area contributed by atoms with Gasteiger partial charge in [0.2, 0.25) is 10.0 Å². The van der Waals surface area contributed by atoms with Crippen molar-refractivity contribution < 1.29 is 13.2 Å². The maximum absolute atomic E-state index is 12.7. The van der Waals surface area contributed by atoms with E-state index in [1.165, 1.54) is 23.1 Å². The van der Waals surface area contributed by atoms with Crippen molar-refractivity contribution in [1.29, 1.82) is 0 Å². The van der Waals surface area contributed by atoms with Gasteiger partial charge in [0.15, 0.2) is 0 Å². The van der Waals surface area contributed by atoms with Crippen LogP contribution >= 0.6 is 15.9 Å². The number of nitrogens with one attached hydrogen (secondary N) is 1. The van der Waals surface area contributed by atoms with Gasteiger partial charge < -0.3 is 4.74 Å². The largest absolute Gasteiger partial charge is 0.496 e. The van der Waals surface area contributed by atoms with Crippen molar-refractivity contribution in [3.63, 3.8) is 0 Å². The summed E-state index contributed by atoms with van der Waals surface area (Å²) in [6, 6.07) is 11.4. The van der Waals surface area contributed by atoms with Gasteiger partial charge in [0.1, 0.15) is 12.1 Å². The first kappa shape index (κ1) is 18.5. The highest BCUT2D eigenvalue weighted by atomic mass is 79.9. The number of rotatable bonds is 6. The Labute approximate surface area is 159 Å². The minimum absolute atomic E-state index is 0.130. The van der Waals surface area contributed by atoms with Gasteiger partial charge >= 0.3 is 0 Å². The van der Waals surface area contributed by atoms with Crippen molar-refractivity contribution in [1.82, 2.24) is 24.9 Å². The van der Waals surface area contributed by atoms with Crippen LogP contribution in [0.2, 0.25) is 0 Å². The predicted octanol–water partition coefficient (Wildman–Crippen LogP) is 2.47. The van der Waals surface area contributed by atoms with Crippen molar-refractivity contribution in [3.05, 3.63) is 58.8 Å². The van der Waals surface area contributed by atoms with Gasteiger partial charge in [0.25, 0.3) is 0 Å². The first-order valence-corrected chi connectivity index (χ1v) is 9.87. The summed E-state index contributed by atoms with van der Waals surface area (Å²) in [5.74, 6) is 0.679. The maximum atomic E-state index is 12.7. The van der Waals surface area contributed by atoms with Crippen LogP contribution in [-0.2, 0) is 10.0 Å². The van der Waals surface area contributed by atoms with Crippen LogP contribution in [0.15, 0.2) is 58.2 Å². The highest BCUT2D eigenvalue weighted by molar-refractivity contribution is 9.10. The molecule has 2 aromatic carbocycles. The van der Waals surface area contributed by atoms with Gasteiger partial charge in [-0.3, -0.25) is 0 Å². The second kappa shape index (κ2) is 7.52. The van der Waals surface area contributed by atoms with Crippen LogP contribution in [0.3, 0.4) is 0 Å². The van der Waals surface area contributed by atoms with E-state index in [1.54, 1.807) is 32.2 Å². The molecule has 136 valence electrons. The summed E-state index contributed by atoms with van der Waals surface area (Å²) in [4.78, 5) is 0.130. The number of sulfonamides is 1. The zero-order valence-electron chi connectivity index (χ0n) is 14.0. The number of hydrogen-bond acceptors (Lipinski definition) is 6. The van der Waals surface area contributed by atoms with Crippen molar-refractivity contribution in [2.75, 3.05) is 7.11 Å². The monoisotopic (exact) mass is 437 g/mol. The number of nitrogens with zero attached hydrogens (tertiary/aromatic N) is 4. The van der Waals surface area contributed by atoms with Gasteiger partial charge in [-0.05, 0) is 69.2 Å². The average Bonchev–Trinajstić information content (AvgIpc) is 3.16. The molecule has 0 aliphatic rings. The molecule has 3 aromatic rings. The number of methoxy groups -OCH3 is 1. The van der Waals surface area contributed by atoms with Crippen LogP contribution in [0.5, 0.6) is 5.75 Å². The molecule has 1 atom stereocenters. The van der Waals surface area contributed by atoms with Crippen LogP contribution in [0, 0.1) is 0 Å². The molecule has 0 bridgehead atoms. The minimum atomic E-state index is -3.73. The summed E-state index contributed by atoms with van der Waals surface area (Å²) in [6.07, 6.45) is 1.40. The molecule has 0 aliphatic carbocycles. The lowest BCUT2D eigenvalue weighted by Crippen LogP contribution is -2.27. The number of aromatic nitrogens is 4. The molecule has 1 unspecified atom stereocenters. The molecule has 3 rings (SSSR count). The van der Waals surface area contributed by atoms with Crippen LogP contribution in [0.1, 0.15) is 18.5 Å². The number of tetrazole rings is 1. The Kier molecular flexibility index (Phi) is 5.35. The van der Waals surface area contributed by atoms with Crippen LogP contribution < -0.4 is 9.46 Å². The first-order valence-electron chi connectivity index (χ1n) is 7.60. The predicted molar refractivity (Wildman–Crippen MR) is 98.6 cm³/mol. The molecule has 0 saturated heterocycles. The topological polar surface area (TPSA) is 99.0 Å². The third kappa shape index (κ3) is 3.92. The number of halogens is 1. The molecule has 0 fully saturated rings. The molecule has 0 saturated carbocycles. The summed E-state index contributed by atoms with van der Waals surface area (Å²) in [6.45, 7) is 1.77. The van der Waals surface area contributed by atoms with Crippen molar-refractivity contribution in [3.8, 4) is 11.4 Å². The lowest BCUT2D eigenvalue weighted by molar-refractivity contribution is 0.412. The Hall–Kier alpha value is -2.30. The summed E-state index contributed by atoms with van der Waals surface area (Å²) in [5.41, 5.74) is 1.36. The summed E-state index contributed by atoms with van der Waals surface area (Å²) < 4.78 is 35.5. The SMILES string of the molecule is COc1ccc(C(C)NS(=O)(=O)c2cccc(-n3cnnn3)c2)cc1Br. The molecule has 0 aliphatic heterocycles. The highest BCUT2D eigenvalue weighted by Crippen LogP contribution is 2.28. The smallest absolute Gasteiger partial charge is 0.241 e. The van der Waals surface area contributed by atoms with E-state index in [9.17, 15) is 8.42 Å². The molecule has 8 nitrogen and oxygen atoms in total. The molecular weight excluding hydrogens is 422 g/mol. The minimum Gasteiger partial charge on any atom is -0.496 e. The van der Waals surface area contributed by atoms with Gasteiger partial charge in [0.05, 0.1) is 22.2 Å². The van der Waals surface area contributed by atoms with E-state index in [0.717, 1.165) is 10.0 Å². The Morgan fingerprint density at radius 2 is 2.04 bits per heavy atom. The fraction of sp³-hybridized carbons (Fsp3) is 0.188. The van der Waals surface area contributed by atoms with Gasteiger partial charge in [-0.25, -0.2) is 17.8 Å². The first-order chi connectivity index (χ1) is 12.4. The summed E-state index contributed by atoms with van der Waals surface area (Å²) in [7, 11) is -2.16. The average molecular weight is 438 g/mol. The third-order valence-corrected chi connectivity index (χ3v) is 5.91. The van der Waals surface area contributed by atoms with Crippen LogP contribution in [-0.4, -0.2) is 35.7 Å². The van der Waals surface area contributed by atoms with Gasteiger partial charge in [0, 0.05) is 6.04 Å². The number of hydrogen-bond donors (Lipinski definition) is 1. The highest BCUT2D eigenvalue weighted by Gasteiger charge is 2.20. The second-order valence-electron chi connectivity index (χ2n) is 5.49. The fourth-order valence-electron chi connectivity index (χ4n) is 2.39. The van der Waals surface area contributed by atoms with Crippen molar-refractivity contribution >= 4 is 26.0 Å². The van der Waals surface area contributed by atoms with E-state index >= 15 is 0 Å². The quantitative estimate of drug-likeness (QED) is 0.635. The van der Waals surface area contributed by atoms with Gasteiger partial charge in [-0.15, -0.1) is 5.10 Å². The lowest BCUT2D eigenvalue weighted by Gasteiger charge is -2.16. The van der Waals surface area contributed by atoms with E-state index in [1.807, 2.05) is 12.1 Å². The number of benzene rings is 2. The number of ether oxygens (including phenoxy) is 1. The molecule has 1 N–H and O–H groups in total. The van der Waals surface area contributed by atoms with E-state index in [4.69, 9.17) is 4.74 Å². The van der Waals surface area contributed by atoms with E-state index in [2.05, 4.69) is 36.2 Å². The van der Waals surface area contributed by atoms with Crippen LogP contribution in [0.25, 0.3) is 5.69 Å². The molecule has 26 heavy (non-hydrogen) atoms. The summed E-state index contributed by atoms with van der Waals surface area (Å²) >= 11 is 3.41. The van der Waals surface area contributed by atoms with E-state index in [-0.39, 0.29) is 4.90 Å². The second-order valence-corrected chi connectivity index (χ2v) is 8.06. The lowest BCUT2D eigenvalue weighted by atomic mass is 10.1. The molecular formula is C16H16BrN5O3S. The molecule has 0 spiro atoms. The third-order valence-electron chi connectivity index (χ3n) is 3.75. The molecule has 1 aromatic heterocycles. The van der Waals surface area contributed by atoms with Crippen LogP contribution in [0.4, 0.5) is 0 Å².